The second-order valence-electron chi connectivity index (χ2n) is 9.71. The molecule has 0 saturated heterocycles. The predicted molar refractivity (Wildman–Crippen MR) is 146 cm³/mol. The van der Waals surface area contributed by atoms with E-state index in [-0.39, 0.29) is 5.41 Å². The number of rotatable bonds is 7. The van der Waals surface area contributed by atoms with Crippen LogP contribution < -0.4 is 11.5 Å². The van der Waals surface area contributed by atoms with Crippen molar-refractivity contribution in [3.8, 4) is 0 Å². The van der Waals surface area contributed by atoms with Gasteiger partial charge in [0.2, 0.25) is 0 Å². The molecule has 0 spiro atoms. The first-order chi connectivity index (χ1) is 16.3. The monoisotopic (exact) mass is 448 g/mol. The number of nitrogens with two attached hydrogens (primary N) is 2. The van der Waals surface area contributed by atoms with Crippen molar-refractivity contribution in [3.63, 3.8) is 0 Å². The molecule has 0 bridgehead atoms. The van der Waals surface area contributed by atoms with E-state index in [4.69, 9.17) is 11.5 Å². The highest BCUT2D eigenvalue weighted by molar-refractivity contribution is 5.46. The summed E-state index contributed by atoms with van der Waals surface area (Å²) >= 11 is 0. The molecule has 2 nitrogen and oxygen atoms in total. The van der Waals surface area contributed by atoms with Crippen LogP contribution in [-0.2, 0) is 5.41 Å². The smallest absolute Gasteiger partial charge is 0.0314 e. The van der Waals surface area contributed by atoms with Crippen molar-refractivity contribution in [2.75, 3.05) is 11.5 Å². The Morgan fingerprint density at radius 1 is 0.529 bits per heavy atom. The molecule has 2 atom stereocenters. The fraction of sp³-hybridized carbons (Fsp3) is 0.250. The van der Waals surface area contributed by atoms with Gasteiger partial charge in [-0.05, 0) is 64.1 Å². The molecule has 0 aliphatic rings. The van der Waals surface area contributed by atoms with Crippen LogP contribution >= 0.6 is 0 Å². The van der Waals surface area contributed by atoms with Crippen LogP contribution in [0.1, 0.15) is 79.3 Å². The van der Waals surface area contributed by atoms with Gasteiger partial charge < -0.3 is 11.5 Å². The minimum absolute atomic E-state index is 0.0358. The Bertz CT molecular complexity index is 1110. The Hall–Kier alpha value is -3.52. The molecule has 2 heteroatoms. The molecule has 0 heterocycles. The first kappa shape index (κ1) is 23.6. The van der Waals surface area contributed by atoms with Crippen LogP contribution in [0.2, 0.25) is 0 Å². The third kappa shape index (κ3) is 4.72. The summed E-state index contributed by atoms with van der Waals surface area (Å²) in [6, 6.07) is 34.7. The quantitative estimate of drug-likeness (QED) is 0.283. The summed E-state index contributed by atoms with van der Waals surface area (Å²) in [6.07, 6.45) is 1.03. The number of hydrogen-bond donors (Lipinski definition) is 2. The lowest BCUT2D eigenvalue weighted by atomic mass is 9.73. The number of nitrogen functional groups attached to an aromatic ring is 2. The van der Waals surface area contributed by atoms with Crippen LogP contribution in [0.3, 0.4) is 0 Å². The Morgan fingerprint density at radius 2 is 0.794 bits per heavy atom. The van der Waals surface area contributed by atoms with Gasteiger partial charge in [-0.3, -0.25) is 0 Å². The average molecular weight is 449 g/mol. The van der Waals surface area contributed by atoms with E-state index in [2.05, 4.69) is 100 Å². The molecule has 0 saturated carbocycles. The molecule has 2 unspecified atom stereocenters. The van der Waals surface area contributed by atoms with E-state index in [1.165, 1.54) is 33.4 Å². The van der Waals surface area contributed by atoms with Crippen molar-refractivity contribution < 1.29 is 0 Å². The standard InChI is InChI=1S/C32H36N2/c1-5-32(4,28-14-6-24(7-15-28)22(2)26-10-18-30(33)19-11-26)29-16-8-25(9-17-29)23(3)27-12-20-31(34)21-13-27/h6-23H,5,33-34H2,1-4H3. The molecule has 4 N–H and O–H groups in total. The van der Waals surface area contributed by atoms with Crippen LogP contribution in [0.4, 0.5) is 11.4 Å². The second-order valence-corrected chi connectivity index (χ2v) is 9.71. The van der Waals surface area contributed by atoms with E-state index >= 15 is 0 Å². The van der Waals surface area contributed by atoms with Gasteiger partial charge in [0.1, 0.15) is 0 Å². The van der Waals surface area contributed by atoms with Crippen LogP contribution in [0.25, 0.3) is 0 Å². The maximum atomic E-state index is 5.86. The van der Waals surface area contributed by atoms with Crippen molar-refractivity contribution in [2.45, 2.75) is 51.4 Å². The van der Waals surface area contributed by atoms with Gasteiger partial charge in [0.05, 0.1) is 0 Å². The van der Waals surface area contributed by atoms with Crippen LogP contribution in [0.5, 0.6) is 0 Å². The van der Waals surface area contributed by atoms with Gasteiger partial charge in [-0.1, -0.05) is 100 Å². The van der Waals surface area contributed by atoms with Gasteiger partial charge >= 0.3 is 0 Å². The normalized spacial score (nSPS) is 14.8. The Kier molecular flexibility index (Phi) is 6.79. The summed E-state index contributed by atoms with van der Waals surface area (Å²) in [5.41, 5.74) is 21.2. The van der Waals surface area contributed by atoms with Gasteiger partial charge in [-0.15, -0.1) is 0 Å². The van der Waals surface area contributed by atoms with Crippen molar-refractivity contribution >= 4 is 11.4 Å². The van der Waals surface area contributed by atoms with E-state index in [0.717, 1.165) is 17.8 Å². The highest BCUT2D eigenvalue weighted by Crippen LogP contribution is 2.37. The molecule has 0 aromatic heterocycles. The van der Waals surface area contributed by atoms with E-state index < -0.39 is 0 Å². The lowest BCUT2D eigenvalue weighted by molar-refractivity contribution is 0.549. The second kappa shape index (κ2) is 9.77. The molecule has 0 aliphatic heterocycles. The fourth-order valence-corrected chi connectivity index (χ4v) is 4.81. The summed E-state index contributed by atoms with van der Waals surface area (Å²) in [6.45, 7) is 9.13. The first-order valence-electron chi connectivity index (χ1n) is 12.2. The van der Waals surface area contributed by atoms with E-state index in [1.54, 1.807) is 0 Å². The first-order valence-corrected chi connectivity index (χ1v) is 12.2. The maximum Gasteiger partial charge on any atom is 0.0314 e. The van der Waals surface area contributed by atoms with E-state index in [1.807, 2.05) is 24.3 Å². The fourth-order valence-electron chi connectivity index (χ4n) is 4.81. The van der Waals surface area contributed by atoms with E-state index in [0.29, 0.717) is 11.8 Å². The predicted octanol–water partition coefficient (Wildman–Crippen LogP) is 7.87. The van der Waals surface area contributed by atoms with Gasteiger partial charge in [0, 0.05) is 28.6 Å². The van der Waals surface area contributed by atoms with Crippen molar-refractivity contribution in [2.24, 2.45) is 0 Å². The summed E-state index contributed by atoms with van der Waals surface area (Å²) in [4.78, 5) is 0. The van der Waals surface area contributed by atoms with Crippen LogP contribution in [-0.4, -0.2) is 0 Å². The molecule has 0 fully saturated rings. The van der Waals surface area contributed by atoms with Crippen molar-refractivity contribution in [3.05, 3.63) is 130 Å². The molecule has 174 valence electrons. The number of anilines is 2. The number of benzene rings is 4. The molecular weight excluding hydrogens is 412 g/mol. The molecule has 0 amide bonds. The summed E-state index contributed by atoms with van der Waals surface area (Å²) in [5.74, 6) is 0.660. The third-order valence-corrected chi connectivity index (χ3v) is 7.68. The van der Waals surface area contributed by atoms with Gasteiger partial charge in [-0.25, -0.2) is 0 Å². The van der Waals surface area contributed by atoms with Crippen LogP contribution in [0, 0.1) is 0 Å². The zero-order valence-electron chi connectivity index (χ0n) is 20.8. The maximum absolute atomic E-state index is 5.86. The number of hydrogen-bond acceptors (Lipinski definition) is 2. The van der Waals surface area contributed by atoms with Crippen molar-refractivity contribution in [1.82, 2.24) is 0 Å². The van der Waals surface area contributed by atoms with Gasteiger partial charge in [0.15, 0.2) is 0 Å². The Labute approximate surface area is 204 Å². The summed E-state index contributed by atoms with van der Waals surface area (Å²) in [5, 5.41) is 0. The highest BCUT2D eigenvalue weighted by Gasteiger charge is 2.27. The highest BCUT2D eigenvalue weighted by atomic mass is 14.5. The third-order valence-electron chi connectivity index (χ3n) is 7.68. The summed E-state index contributed by atoms with van der Waals surface area (Å²) < 4.78 is 0. The SMILES string of the molecule is CCC(C)(c1ccc(C(C)c2ccc(N)cc2)cc1)c1ccc(C(C)c2ccc(N)cc2)cc1. The summed E-state index contributed by atoms with van der Waals surface area (Å²) in [7, 11) is 0. The lowest BCUT2D eigenvalue weighted by Crippen LogP contribution is -2.22. The largest absolute Gasteiger partial charge is 0.399 e. The Morgan fingerprint density at radius 3 is 1.06 bits per heavy atom. The van der Waals surface area contributed by atoms with Crippen molar-refractivity contribution in [1.29, 1.82) is 0 Å². The van der Waals surface area contributed by atoms with Gasteiger partial charge in [-0.2, -0.15) is 0 Å². The minimum atomic E-state index is -0.0358. The molecule has 4 aromatic carbocycles. The minimum Gasteiger partial charge on any atom is -0.399 e. The zero-order chi connectivity index (χ0) is 24.3. The average Bonchev–Trinajstić information content (AvgIpc) is 2.88. The molecule has 34 heavy (non-hydrogen) atoms. The molecule has 4 rings (SSSR count). The zero-order valence-corrected chi connectivity index (χ0v) is 20.8. The van der Waals surface area contributed by atoms with Crippen LogP contribution in [0.15, 0.2) is 97.1 Å². The molecular formula is C32H36N2. The molecule has 4 aromatic rings. The lowest BCUT2D eigenvalue weighted by Gasteiger charge is -2.30. The van der Waals surface area contributed by atoms with E-state index in [9.17, 15) is 0 Å². The Balaban J connectivity index is 1.56. The molecule has 0 radical (unpaired) electrons. The van der Waals surface area contributed by atoms with Gasteiger partial charge in [0.25, 0.3) is 0 Å². The molecule has 0 aliphatic carbocycles. The topological polar surface area (TPSA) is 52.0 Å².